The van der Waals surface area contributed by atoms with Crippen LogP contribution in [0.5, 0.6) is 5.75 Å². The fourth-order valence-corrected chi connectivity index (χ4v) is 5.97. The molecule has 3 heterocycles. The first-order chi connectivity index (χ1) is 18.3. The molecule has 38 heavy (non-hydrogen) atoms. The number of aryl methyl sites for hydroxylation is 1. The molecule has 0 spiro atoms. The summed E-state index contributed by atoms with van der Waals surface area (Å²) in [6, 6.07) is 16.9. The normalized spacial score (nSPS) is 23.2. The fourth-order valence-electron chi connectivity index (χ4n) is 5.97. The lowest BCUT2D eigenvalue weighted by atomic mass is 9.83. The number of fused-ring (bicyclic) bond motifs is 5. The summed E-state index contributed by atoms with van der Waals surface area (Å²) in [5.41, 5.74) is 2.67. The molecule has 0 radical (unpaired) electrons. The van der Waals surface area contributed by atoms with Gasteiger partial charge in [0, 0.05) is 23.9 Å². The van der Waals surface area contributed by atoms with Crippen molar-refractivity contribution in [3.63, 3.8) is 0 Å². The van der Waals surface area contributed by atoms with Crippen LogP contribution in [-0.4, -0.2) is 40.6 Å². The number of carbonyl (C=O) groups is 3. The maximum Gasteiger partial charge on any atom is 0.271 e. The highest BCUT2D eigenvalue weighted by Gasteiger charge is 2.64. The molecule has 9 heteroatoms. The Bertz CT molecular complexity index is 1550. The van der Waals surface area contributed by atoms with Crippen LogP contribution in [0.4, 0.5) is 11.4 Å². The van der Waals surface area contributed by atoms with E-state index in [2.05, 4.69) is 0 Å². The summed E-state index contributed by atoms with van der Waals surface area (Å²) in [7, 11) is 1.53. The van der Waals surface area contributed by atoms with Crippen molar-refractivity contribution in [1.29, 1.82) is 0 Å². The molecular weight excluding hydrogens is 486 g/mol. The highest BCUT2D eigenvalue weighted by atomic mass is 16.6. The van der Waals surface area contributed by atoms with E-state index in [9.17, 15) is 24.5 Å². The van der Waals surface area contributed by atoms with Gasteiger partial charge >= 0.3 is 0 Å². The van der Waals surface area contributed by atoms with E-state index in [-0.39, 0.29) is 17.2 Å². The molecule has 2 saturated heterocycles. The zero-order chi connectivity index (χ0) is 26.7. The van der Waals surface area contributed by atoms with Gasteiger partial charge in [0.2, 0.25) is 11.8 Å². The average Bonchev–Trinajstić information content (AvgIpc) is 3.41. The number of carbonyl (C=O) groups excluding carboxylic acids is 3. The summed E-state index contributed by atoms with van der Waals surface area (Å²) in [6.45, 7) is 1.69. The molecule has 3 aliphatic heterocycles. The van der Waals surface area contributed by atoms with Gasteiger partial charge in [0.15, 0.2) is 5.78 Å². The summed E-state index contributed by atoms with van der Waals surface area (Å²) in [5, 5.41) is 11.5. The van der Waals surface area contributed by atoms with Crippen LogP contribution in [0, 0.1) is 28.9 Å². The van der Waals surface area contributed by atoms with Crippen LogP contribution in [0.15, 0.2) is 72.9 Å². The lowest BCUT2D eigenvalue weighted by Gasteiger charge is -2.35. The second kappa shape index (κ2) is 8.65. The minimum absolute atomic E-state index is 0.172. The number of nitro benzene ring substituents is 1. The van der Waals surface area contributed by atoms with Crippen LogP contribution in [0.1, 0.15) is 33.1 Å². The topological polar surface area (TPSA) is 110 Å². The first-order valence-electron chi connectivity index (χ1n) is 12.2. The number of ketones is 1. The number of amides is 2. The molecule has 2 amide bonds. The van der Waals surface area contributed by atoms with E-state index < -0.39 is 40.7 Å². The van der Waals surface area contributed by atoms with E-state index in [1.807, 2.05) is 35.2 Å². The Morgan fingerprint density at radius 2 is 1.68 bits per heavy atom. The van der Waals surface area contributed by atoms with Gasteiger partial charge in [0.1, 0.15) is 11.8 Å². The zero-order valence-electron chi connectivity index (χ0n) is 20.6. The number of Topliss-reactive ketones (excluding diaryl/α,β-unsaturated/α-hetero) is 1. The Labute approximate surface area is 218 Å². The predicted octanol–water partition coefficient (Wildman–Crippen LogP) is 4.31. The zero-order valence-corrected chi connectivity index (χ0v) is 20.6. The first-order valence-corrected chi connectivity index (χ1v) is 12.2. The van der Waals surface area contributed by atoms with Crippen LogP contribution in [0.2, 0.25) is 0 Å². The lowest BCUT2D eigenvalue weighted by molar-refractivity contribution is -0.384. The van der Waals surface area contributed by atoms with Gasteiger partial charge in [0.25, 0.3) is 5.69 Å². The number of nitrogens with zero attached hydrogens (tertiary/aromatic N) is 3. The quantitative estimate of drug-likeness (QED) is 0.218. The Balaban J connectivity index is 1.49. The number of hydrogen-bond donors (Lipinski definition) is 0. The van der Waals surface area contributed by atoms with Crippen molar-refractivity contribution in [2.45, 2.75) is 19.0 Å². The SMILES string of the molecule is COc1ccc(C(=O)[C@@H]2[C@@H]3C(=O)N(c4cc([N+](=O)[O-])ccc4C)C(=O)[C@H]3[C@H]3c4ccccc4C=CN23)cc1. The van der Waals surface area contributed by atoms with Crippen LogP contribution in [0.25, 0.3) is 6.08 Å². The van der Waals surface area contributed by atoms with Crippen molar-refractivity contribution < 1.29 is 24.0 Å². The van der Waals surface area contributed by atoms with Gasteiger partial charge in [-0.05, 0) is 54.0 Å². The van der Waals surface area contributed by atoms with Gasteiger partial charge in [-0.2, -0.15) is 0 Å². The van der Waals surface area contributed by atoms with E-state index in [1.165, 1.54) is 25.3 Å². The van der Waals surface area contributed by atoms with Crippen LogP contribution < -0.4 is 9.64 Å². The van der Waals surface area contributed by atoms with Crippen molar-refractivity contribution in [2.24, 2.45) is 11.8 Å². The number of imide groups is 1. The average molecular weight is 510 g/mol. The number of methoxy groups -OCH3 is 1. The van der Waals surface area contributed by atoms with Crippen molar-refractivity contribution in [3.8, 4) is 5.75 Å². The number of non-ortho nitro benzene ring substituents is 1. The number of benzene rings is 3. The Morgan fingerprint density at radius 3 is 2.39 bits per heavy atom. The van der Waals surface area contributed by atoms with Gasteiger partial charge < -0.3 is 9.64 Å². The number of nitro groups is 1. The largest absolute Gasteiger partial charge is 0.497 e. The van der Waals surface area contributed by atoms with E-state index >= 15 is 0 Å². The van der Waals surface area contributed by atoms with Crippen molar-refractivity contribution in [2.75, 3.05) is 12.0 Å². The number of anilines is 1. The van der Waals surface area contributed by atoms with E-state index in [1.54, 1.807) is 37.4 Å². The second-order valence-electron chi connectivity index (χ2n) is 9.67. The highest BCUT2D eigenvalue weighted by molar-refractivity contribution is 6.25. The lowest BCUT2D eigenvalue weighted by Crippen LogP contribution is -2.44. The molecule has 4 atom stereocenters. The van der Waals surface area contributed by atoms with Crippen molar-refractivity contribution in [3.05, 3.63) is 105 Å². The number of hydrogen-bond acceptors (Lipinski definition) is 7. The van der Waals surface area contributed by atoms with E-state index in [0.29, 0.717) is 16.9 Å². The molecule has 2 fully saturated rings. The number of rotatable bonds is 5. The minimum Gasteiger partial charge on any atom is -0.497 e. The van der Waals surface area contributed by atoms with Crippen molar-refractivity contribution >= 4 is 35.0 Å². The first kappa shape index (κ1) is 23.6. The molecule has 0 N–H and O–H groups in total. The molecule has 9 nitrogen and oxygen atoms in total. The standard InChI is InChI=1S/C29H23N3O6/c1-16-7-10-19(32(36)37)15-22(16)31-28(34)23-24(29(31)35)26(27(33)18-8-11-20(38-2)12-9-18)30-14-13-17-5-3-4-6-21(17)25(23)30/h3-15,23-26H,1-2H3/t23-,24-,25-,26+/m1/s1. The van der Waals surface area contributed by atoms with Crippen LogP contribution in [0.3, 0.4) is 0 Å². The fraction of sp³-hybridized carbons (Fsp3) is 0.207. The molecule has 0 unspecified atom stereocenters. The Kier molecular flexibility index (Phi) is 5.37. The summed E-state index contributed by atoms with van der Waals surface area (Å²) in [5.74, 6) is -2.48. The van der Waals surface area contributed by atoms with Gasteiger partial charge in [-0.15, -0.1) is 0 Å². The Morgan fingerprint density at radius 1 is 0.974 bits per heavy atom. The molecule has 6 rings (SSSR count). The smallest absolute Gasteiger partial charge is 0.271 e. The van der Waals surface area contributed by atoms with E-state index in [0.717, 1.165) is 16.0 Å². The monoisotopic (exact) mass is 509 g/mol. The molecule has 0 saturated carbocycles. The maximum absolute atomic E-state index is 14.0. The second-order valence-corrected chi connectivity index (χ2v) is 9.67. The molecule has 190 valence electrons. The molecule has 0 bridgehead atoms. The summed E-state index contributed by atoms with van der Waals surface area (Å²) in [6.07, 6.45) is 3.68. The maximum atomic E-state index is 14.0. The molecule has 3 aromatic rings. The Hall–Kier alpha value is -4.79. The summed E-state index contributed by atoms with van der Waals surface area (Å²) < 4.78 is 5.21. The van der Waals surface area contributed by atoms with Gasteiger partial charge in [-0.3, -0.25) is 24.5 Å². The molecule has 3 aromatic carbocycles. The predicted molar refractivity (Wildman–Crippen MR) is 138 cm³/mol. The number of ether oxygens (including phenoxy) is 1. The minimum atomic E-state index is -0.962. The summed E-state index contributed by atoms with van der Waals surface area (Å²) >= 11 is 0. The summed E-state index contributed by atoms with van der Waals surface area (Å²) in [4.78, 5) is 55.8. The molecular formula is C29H23N3O6. The van der Waals surface area contributed by atoms with E-state index in [4.69, 9.17) is 4.74 Å². The highest BCUT2D eigenvalue weighted by Crippen LogP contribution is 2.54. The molecule has 0 aromatic heterocycles. The van der Waals surface area contributed by atoms with Gasteiger partial charge in [-0.1, -0.05) is 30.3 Å². The van der Waals surface area contributed by atoms with Crippen LogP contribution in [-0.2, 0) is 9.59 Å². The molecule has 0 aliphatic carbocycles. The van der Waals surface area contributed by atoms with Crippen LogP contribution >= 0.6 is 0 Å². The van der Waals surface area contributed by atoms with Gasteiger partial charge in [-0.25, -0.2) is 4.90 Å². The third-order valence-electron chi connectivity index (χ3n) is 7.75. The molecule has 3 aliphatic rings. The van der Waals surface area contributed by atoms with Gasteiger partial charge in [0.05, 0.1) is 35.6 Å². The van der Waals surface area contributed by atoms with Crippen molar-refractivity contribution in [1.82, 2.24) is 4.90 Å². The third-order valence-corrected chi connectivity index (χ3v) is 7.75. The third kappa shape index (κ3) is 3.35.